The maximum absolute atomic E-state index is 11.3. The van der Waals surface area contributed by atoms with Crippen LogP contribution in [-0.2, 0) is 9.53 Å². The van der Waals surface area contributed by atoms with Crippen LogP contribution in [0.25, 0.3) is 0 Å². The van der Waals surface area contributed by atoms with E-state index in [-0.39, 0.29) is 12.6 Å². The third kappa shape index (κ3) is 4.99. The first-order valence-electron chi connectivity index (χ1n) is 7.34. The summed E-state index contributed by atoms with van der Waals surface area (Å²) in [6, 6.07) is 5.56. The average Bonchev–Trinajstić information content (AvgIpc) is 2.53. The van der Waals surface area contributed by atoms with Crippen LogP contribution in [-0.4, -0.2) is 80.1 Å². The van der Waals surface area contributed by atoms with E-state index in [1.165, 1.54) is 29.9 Å². The summed E-state index contributed by atoms with van der Waals surface area (Å²) in [5.74, 6) is 0.210. The third-order valence-electron chi connectivity index (χ3n) is 3.52. The Balaban J connectivity index is 1.93. The number of benzene rings is 1. The molecule has 1 aromatic carbocycles. The van der Waals surface area contributed by atoms with Gasteiger partial charge in [-0.15, -0.1) is 0 Å². The Morgan fingerprint density at radius 2 is 2.05 bits per heavy atom. The standard InChI is InChI=1S/C15H20ClN2O3.Pb/c1-3-20-15(19)11-21-12-4-5-14(13(16)10-12)18-8-6-17(2)7-9-18;/h4-5,10H,2-3,6-9,11H2,1H3;. The number of halogens is 1. The summed E-state index contributed by atoms with van der Waals surface area (Å²) in [5.41, 5.74) is 1.03. The number of carbonyl (C=O) groups is 1. The van der Waals surface area contributed by atoms with E-state index in [2.05, 4.69) is 9.80 Å². The zero-order chi connectivity index (χ0) is 15.9. The van der Waals surface area contributed by atoms with E-state index in [0.717, 1.165) is 31.9 Å². The van der Waals surface area contributed by atoms with Crippen LogP contribution in [0.5, 0.6) is 5.75 Å². The summed E-state index contributed by atoms with van der Waals surface area (Å²) < 4.78 is 11.4. The Morgan fingerprint density at radius 3 is 2.64 bits per heavy atom. The molecule has 0 unspecified atom stereocenters. The van der Waals surface area contributed by atoms with E-state index in [4.69, 9.17) is 21.1 Å². The number of hydrogen-bond acceptors (Lipinski definition) is 5. The molecule has 1 aliphatic heterocycles. The van der Waals surface area contributed by atoms with E-state index in [1.54, 1.807) is 13.0 Å². The van der Waals surface area contributed by atoms with Gasteiger partial charge in [0.15, 0.2) is 0 Å². The zero-order valence-electron chi connectivity index (χ0n) is 12.7. The van der Waals surface area contributed by atoms with Gasteiger partial charge in [0.2, 0.25) is 0 Å². The molecule has 5 nitrogen and oxygen atoms in total. The molecule has 1 heterocycles. The fourth-order valence-electron chi connectivity index (χ4n) is 2.33. The fraction of sp³-hybridized carbons (Fsp3) is 0.533. The summed E-state index contributed by atoms with van der Waals surface area (Å²) in [5, 5.41) is 0.653. The second-order valence-electron chi connectivity index (χ2n) is 4.97. The first-order chi connectivity index (χ1) is 10.6. The van der Waals surface area contributed by atoms with Crippen LogP contribution in [0.3, 0.4) is 0 Å². The molecule has 0 amide bonds. The van der Waals surface area contributed by atoms with Gasteiger partial charge >= 0.3 is 129 Å². The van der Waals surface area contributed by atoms with E-state index in [9.17, 15) is 4.79 Å². The zero-order valence-corrected chi connectivity index (χ0v) is 17.3. The number of esters is 1. The van der Waals surface area contributed by atoms with Crippen LogP contribution >= 0.6 is 11.6 Å². The van der Waals surface area contributed by atoms with Crippen LogP contribution < -0.4 is 9.64 Å². The van der Waals surface area contributed by atoms with Crippen molar-refractivity contribution >= 4 is 49.0 Å². The van der Waals surface area contributed by atoms with Crippen LogP contribution in [0.2, 0.25) is 5.02 Å². The van der Waals surface area contributed by atoms with E-state index < -0.39 is 0 Å². The molecule has 0 saturated carbocycles. The van der Waals surface area contributed by atoms with Crippen molar-refractivity contribution < 1.29 is 14.3 Å². The van der Waals surface area contributed by atoms with Gasteiger partial charge in [-0.2, -0.15) is 0 Å². The Labute approximate surface area is 152 Å². The molecule has 1 saturated heterocycles. The number of ether oxygens (including phenoxy) is 2. The van der Waals surface area contributed by atoms with Gasteiger partial charge in [0.1, 0.15) is 0 Å². The van der Waals surface area contributed by atoms with E-state index in [1.807, 2.05) is 12.1 Å². The molecule has 0 aliphatic carbocycles. The Morgan fingerprint density at radius 1 is 1.32 bits per heavy atom. The predicted octanol–water partition coefficient (Wildman–Crippen LogP) is 1.53. The first kappa shape index (κ1) is 17.8. The molecular weight excluding hydrogens is 499 g/mol. The molecule has 1 aliphatic rings. The summed E-state index contributed by atoms with van der Waals surface area (Å²) in [4.78, 5) is 16.1. The molecule has 0 bridgehead atoms. The molecule has 1 aromatic rings. The fourth-order valence-corrected chi connectivity index (χ4v) is 3.85. The van der Waals surface area contributed by atoms with E-state index >= 15 is 0 Å². The molecule has 2 rings (SSSR count). The van der Waals surface area contributed by atoms with Crippen molar-refractivity contribution in [1.82, 2.24) is 4.90 Å². The molecule has 0 spiro atoms. The van der Waals surface area contributed by atoms with Gasteiger partial charge in [-0.25, -0.2) is 4.79 Å². The summed E-state index contributed by atoms with van der Waals surface area (Å²) >= 11 is 7.58. The predicted molar refractivity (Wildman–Crippen MR) is 88.0 cm³/mol. The number of anilines is 1. The molecule has 0 aromatic heterocycles. The molecule has 7 heteroatoms. The number of nitrogens with zero attached hydrogens (tertiary/aromatic N) is 2. The van der Waals surface area contributed by atoms with Crippen LogP contribution in [0.15, 0.2) is 18.2 Å². The molecule has 3 radical (unpaired) electrons. The Kier molecular flexibility index (Phi) is 7.23. The van der Waals surface area contributed by atoms with Gasteiger partial charge in [0.05, 0.1) is 6.61 Å². The maximum atomic E-state index is 11.3. The molecule has 0 N–H and O–H groups in total. The number of piperazine rings is 1. The van der Waals surface area contributed by atoms with Crippen molar-refractivity contribution in [3.8, 4) is 5.75 Å². The van der Waals surface area contributed by atoms with Crippen molar-refractivity contribution in [3.63, 3.8) is 0 Å². The second kappa shape index (κ2) is 8.93. The summed E-state index contributed by atoms with van der Waals surface area (Å²) in [7, 11) is 0. The van der Waals surface area contributed by atoms with Crippen molar-refractivity contribution in [2.75, 3.05) is 48.4 Å². The molecule has 0 atom stereocenters. The quantitative estimate of drug-likeness (QED) is 0.422. The van der Waals surface area contributed by atoms with Crippen LogP contribution in [0.1, 0.15) is 6.92 Å². The topological polar surface area (TPSA) is 42.0 Å². The van der Waals surface area contributed by atoms with Crippen LogP contribution in [0.4, 0.5) is 5.69 Å². The monoisotopic (exact) mass is 519 g/mol. The summed E-state index contributed by atoms with van der Waals surface area (Å²) in [6.07, 6.45) is 0. The normalized spacial score (nSPS) is 15.7. The average molecular weight is 519 g/mol. The molecule has 119 valence electrons. The van der Waals surface area contributed by atoms with Gasteiger partial charge in [0, 0.05) is 0 Å². The van der Waals surface area contributed by atoms with Crippen molar-refractivity contribution in [1.29, 1.82) is 0 Å². The third-order valence-corrected chi connectivity index (χ3v) is 5.56. The van der Waals surface area contributed by atoms with Gasteiger partial charge in [-0.1, -0.05) is 0 Å². The molecule has 1 fully saturated rings. The number of carbonyl (C=O) groups excluding carboxylic acids is 1. The molecule has 22 heavy (non-hydrogen) atoms. The van der Waals surface area contributed by atoms with Gasteiger partial charge in [0.25, 0.3) is 0 Å². The van der Waals surface area contributed by atoms with Gasteiger partial charge in [-0.3, -0.25) is 0 Å². The molecular formula is C15H20ClN2O3Pb. The van der Waals surface area contributed by atoms with Gasteiger partial charge < -0.3 is 4.74 Å². The minimum absolute atomic E-state index is 0.0947. The second-order valence-corrected chi connectivity index (χ2v) is 6.61. The minimum atomic E-state index is -0.373. The Bertz CT molecular complexity index is 508. The van der Waals surface area contributed by atoms with Gasteiger partial charge in [-0.05, 0) is 6.92 Å². The first-order valence-corrected chi connectivity index (χ1v) is 10.5. The summed E-state index contributed by atoms with van der Waals surface area (Å²) in [6.45, 7) is 6.18. The van der Waals surface area contributed by atoms with E-state index in [0.29, 0.717) is 17.4 Å². The van der Waals surface area contributed by atoms with Crippen molar-refractivity contribution in [2.45, 2.75) is 6.92 Å². The number of hydrogen-bond donors (Lipinski definition) is 0. The van der Waals surface area contributed by atoms with Crippen LogP contribution in [0, 0.1) is 0 Å². The SMILES string of the molecule is CCOC(=O)COc1ccc(N2CCN([CH2][Pb])CC2)c(Cl)c1. The van der Waals surface area contributed by atoms with Crippen molar-refractivity contribution in [2.24, 2.45) is 0 Å². The Hall–Kier alpha value is -0.538. The van der Waals surface area contributed by atoms with Crippen molar-refractivity contribution in [3.05, 3.63) is 23.2 Å². The number of rotatable bonds is 6.